The van der Waals surface area contributed by atoms with Gasteiger partial charge in [-0.25, -0.2) is 0 Å². The second kappa shape index (κ2) is 11.2. The van der Waals surface area contributed by atoms with Crippen molar-refractivity contribution in [2.75, 3.05) is 13.2 Å². The summed E-state index contributed by atoms with van der Waals surface area (Å²) in [6.07, 6.45) is -0.0868. The van der Waals surface area contributed by atoms with E-state index in [4.69, 9.17) is 21.1 Å². The summed E-state index contributed by atoms with van der Waals surface area (Å²) in [5.74, 6) is -0.524. The number of hydrogen-bond acceptors (Lipinski definition) is 5. The minimum atomic E-state index is -0.602. The van der Waals surface area contributed by atoms with Gasteiger partial charge < -0.3 is 14.8 Å². The monoisotopic (exact) mass is 417 g/mol. The average molecular weight is 418 g/mol. The van der Waals surface area contributed by atoms with Crippen LogP contribution in [-0.4, -0.2) is 30.9 Å². The first-order valence-corrected chi connectivity index (χ1v) is 9.73. The standard InChI is InChI=1S/C22H24ClNO5/c1-3-28-19-9-7-16(8-10-19)20(25)11-12-22(27)29-14-21(26)24-15(2)17-5-4-6-18(23)13-17/h4-10,13,15H,3,11-12,14H2,1-2H3,(H,24,26)/t15-/m1/s1. The third-order valence-corrected chi connectivity index (χ3v) is 4.37. The van der Waals surface area contributed by atoms with Crippen LogP contribution in [0, 0.1) is 0 Å². The highest BCUT2D eigenvalue weighted by Crippen LogP contribution is 2.17. The van der Waals surface area contributed by atoms with Crippen molar-refractivity contribution in [1.29, 1.82) is 0 Å². The van der Waals surface area contributed by atoms with Crippen molar-refractivity contribution >= 4 is 29.3 Å². The Morgan fingerprint density at radius 1 is 1.07 bits per heavy atom. The van der Waals surface area contributed by atoms with Gasteiger partial charge in [-0.3, -0.25) is 14.4 Å². The van der Waals surface area contributed by atoms with E-state index >= 15 is 0 Å². The first kappa shape index (κ1) is 22.4. The summed E-state index contributed by atoms with van der Waals surface area (Å²) in [5.41, 5.74) is 1.34. The number of halogens is 1. The molecule has 7 heteroatoms. The molecular weight excluding hydrogens is 394 g/mol. The Kier molecular flexibility index (Phi) is 8.68. The number of hydrogen-bond donors (Lipinski definition) is 1. The molecule has 1 N–H and O–H groups in total. The zero-order valence-corrected chi connectivity index (χ0v) is 17.2. The van der Waals surface area contributed by atoms with Crippen molar-refractivity contribution in [2.24, 2.45) is 0 Å². The highest BCUT2D eigenvalue weighted by atomic mass is 35.5. The van der Waals surface area contributed by atoms with Gasteiger partial charge in [-0.05, 0) is 55.8 Å². The second-order valence-corrected chi connectivity index (χ2v) is 6.82. The molecule has 29 heavy (non-hydrogen) atoms. The predicted octanol–water partition coefficient (Wildman–Crippen LogP) is 4.12. The maximum atomic E-state index is 12.1. The molecular formula is C22H24ClNO5. The molecule has 0 fully saturated rings. The first-order chi connectivity index (χ1) is 13.9. The molecule has 0 bridgehead atoms. The maximum Gasteiger partial charge on any atom is 0.306 e. The molecule has 2 rings (SSSR count). The molecule has 0 aliphatic heterocycles. The third-order valence-electron chi connectivity index (χ3n) is 4.13. The highest BCUT2D eigenvalue weighted by molar-refractivity contribution is 6.30. The van der Waals surface area contributed by atoms with Gasteiger partial charge in [-0.15, -0.1) is 0 Å². The molecule has 0 aromatic heterocycles. The quantitative estimate of drug-likeness (QED) is 0.464. The molecule has 2 aromatic carbocycles. The lowest BCUT2D eigenvalue weighted by Gasteiger charge is -2.14. The van der Waals surface area contributed by atoms with Gasteiger partial charge in [-0.1, -0.05) is 23.7 Å². The van der Waals surface area contributed by atoms with Crippen LogP contribution in [0.3, 0.4) is 0 Å². The molecule has 0 unspecified atom stereocenters. The van der Waals surface area contributed by atoms with Crippen molar-refractivity contribution in [3.05, 3.63) is 64.7 Å². The van der Waals surface area contributed by atoms with Crippen molar-refractivity contribution in [1.82, 2.24) is 5.32 Å². The minimum Gasteiger partial charge on any atom is -0.494 e. The number of Topliss-reactive ketones (excluding diaryl/α,β-unsaturated/α-hetero) is 1. The molecule has 154 valence electrons. The molecule has 1 amide bonds. The second-order valence-electron chi connectivity index (χ2n) is 6.39. The number of ketones is 1. The Morgan fingerprint density at radius 3 is 2.45 bits per heavy atom. The van der Waals surface area contributed by atoms with Crippen LogP contribution in [0.15, 0.2) is 48.5 Å². The Balaban J connectivity index is 1.72. The first-order valence-electron chi connectivity index (χ1n) is 9.35. The van der Waals surface area contributed by atoms with Crippen molar-refractivity contribution in [2.45, 2.75) is 32.7 Å². The lowest BCUT2D eigenvalue weighted by Crippen LogP contribution is -2.31. The van der Waals surface area contributed by atoms with Crippen molar-refractivity contribution in [3.63, 3.8) is 0 Å². The number of esters is 1. The minimum absolute atomic E-state index is 0.00729. The lowest BCUT2D eigenvalue weighted by molar-refractivity contribution is -0.148. The Labute approximate surface area is 175 Å². The topological polar surface area (TPSA) is 81.7 Å². The van der Waals surface area contributed by atoms with E-state index in [0.29, 0.717) is 22.9 Å². The molecule has 0 aliphatic carbocycles. The zero-order chi connectivity index (χ0) is 21.2. The number of amides is 1. The lowest BCUT2D eigenvalue weighted by atomic mass is 10.1. The van der Waals surface area contributed by atoms with Gasteiger partial charge in [0.25, 0.3) is 5.91 Å². The van der Waals surface area contributed by atoms with Gasteiger partial charge in [0.05, 0.1) is 19.1 Å². The number of nitrogens with one attached hydrogen (secondary N) is 1. The van der Waals surface area contributed by atoms with Crippen LogP contribution in [0.2, 0.25) is 5.02 Å². The largest absolute Gasteiger partial charge is 0.494 e. The molecule has 0 radical (unpaired) electrons. The van der Waals surface area contributed by atoms with E-state index in [1.807, 2.05) is 13.0 Å². The van der Waals surface area contributed by atoms with Crippen molar-refractivity contribution in [3.8, 4) is 5.75 Å². The van der Waals surface area contributed by atoms with Gasteiger partial charge in [0, 0.05) is 17.0 Å². The average Bonchev–Trinajstić information content (AvgIpc) is 2.71. The van der Waals surface area contributed by atoms with Crippen LogP contribution in [0.4, 0.5) is 0 Å². The molecule has 0 heterocycles. The summed E-state index contributed by atoms with van der Waals surface area (Å²) in [7, 11) is 0. The smallest absolute Gasteiger partial charge is 0.306 e. The van der Waals surface area contributed by atoms with E-state index in [2.05, 4.69) is 5.32 Å². The summed E-state index contributed by atoms with van der Waals surface area (Å²) >= 11 is 5.94. The van der Waals surface area contributed by atoms with Gasteiger partial charge in [-0.2, -0.15) is 0 Å². The van der Waals surface area contributed by atoms with Crippen LogP contribution >= 0.6 is 11.6 Å². The summed E-state index contributed by atoms with van der Waals surface area (Å²) in [4.78, 5) is 35.9. The summed E-state index contributed by atoms with van der Waals surface area (Å²) in [5, 5.41) is 3.31. The van der Waals surface area contributed by atoms with Crippen LogP contribution in [0.1, 0.15) is 48.7 Å². The Hall–Kier alpha value is -2.86. The van der Waals surface area contributed by atoms with Gasteiger partial charge in [0.2, 0.25) is 0 Å². The maximum absolute atomic E-state index is 12.1. The van der Waals surface area contributed by atoms with Crippen molar-refractivity contribution < 1.29 is 23.9 Å². The van der Waals surface area contributed by atoms with Gasteiger partial charge in [0.15, 0.2) is 12.4 Å². The molecule has 0 saturated heterocycles. The van der Waals surface area contributed by atoms with Crippen LogP contribution in [0.5, 0.6) is 5.75 Å². The predicted molar refractivity (Wildman–Crippen MR) is 110 cm³/mol. The summed E-state index contributed by atoms with van der Waals surface area (Å²) < 4.78 is 10.3. The molecule has 0 spiro atoms. The molecule has 0 aliphatic rings. The van der Waals surface area contributed by atoms with Crippen LogP contribution in [-0.2, 0) is 14.3 Å². The normalized spacial score (nSPS) is 11.4. The molecule has 6 nitrogen and oxygen atoms in total. The number of carbonyl (C=O) groups is 3. The SMILES string of the molecule is CCOc1ccc(C(=O)CCC(=O)OCC(=O)N[C@H](C)c2cccc(Cl)c2)cc1. The van der Waals surface area contributed by atoms with E-state index in [1.165, 1.54) is 0 Å². The number of rotatable bonds is 10. The van der Waals surface area contributed by atoms with Crippen LogP contribution < -0.4 is 10.1 Å². The summed E-state index contributed by atoms with van der Waals surface area (Å²) in [6.45, 7) is 3.83. The third kappa shape index (κ3) is 7.58. The number of ether oxygens (including phenoxy) is 2. The van der Waals surface area contributed by atoms with E-state index in [-0.39, 0.29) is 24.7 Å². The fourth-order valence-electron chi connectivity index (χ4n) is 2.62. The number of carbonyl (C=O) groups excluding carboxylic acids is 3. The van der Waals surface area contributed by atoms with Crippen LogP contribution in [0.25, 0.3) is 0 Å². The molecule has 1 atom stereocenters. The van der Waals surface area contributed by atoms with E-state index < -0.39 is 18.5 Å². The van der Waals surface area contributed by atoms with E-state index in [1.54, 1.807) is 49.4 Å². The fourth-order valence-corrected chi connectivity index (χ4v) is 2.82. The summed E-state index contributed by atoms with van der Waals surface area (Å²) in [6, 6.07) is 13.6. The van der Waals surface area contributed by atoms with E-state index in [0.717, 1.165) is 5.56 Å². The molecule has 0 saturated carbocycles. The zero-order valence-electron chi connectivity index (χ0n) is 16.4. The number of benzene rings is 2. The fraction of sp³-hybridized carbons (Fsp3) is 0.318. The highest BCUT2D eigenvalue weighted by Gasteiger charge is 2.14. The molecule has 2 aromatic rings. The van der Waals surface area contributed by atoms with E-state index in [9.17, 15) is 14.4 Å². The van der Waals surface area contributed by atoms with Gasteiger partial charge >= 0.3 is 5.97 Å². The Bertz CT molecular complexity index is 851. The van der Waals surface area contributed by atoms with Gasteiger partial charge in [0.1, 0.15) is 5.75 Å². The Morgan fingerprint density at radius 2 is 1.79 bits per heavy atom.